The lowest BCUT2D eigenvalue weighted by Crippen LogP contribution is -2.51. The number of piperazine rings is 1. The van der Waals surface area contributed by atoms with Crippen molar-refractivity contribution >= 4 is 23.4 Å². The Hall–Kier alpha value is -2.47. The van der Waals surface area contributed by atoms with E-state index >= 15 is 0 Å². The van der Waals surface area contributed by atoms with Crippen molar-refractivity contribution in [2.75, 3.05) is 26.2 Å². The SMILES string of the molecule is O=C(c1ccc(F)c(F)c1)N1CCN(C(=O)[C@@H]2C[C@@H]2c2ccccc2Cl)CC1. The van der Waals surface area contributed by atoms with Gasteiger partial charge in [0.1, 0.15) is 0 Å². The third kappa shape index (κ3) is 3.61. The summed E-state index contributed by atoms with van der Waals surface area (Å²) < 4.78 is 26.4. The van der Waals surface area contributed by atoms with Gasteiger partial charge in [0.2, 0.25) is 5.91 Å². The van der Waals surface area contributed by atoms with Gasteiger partial charge in [-0.2, -0.15) is 0 Å². The van der Waals surface area contributed by atoms with Crippen LogP contribution in [0.1, 0.15) is 28.3 Å². The second kappa shape index (κ2) is 7.51. The van der Waals surface area contributed by atoms with E-state index in [1.165, 1.54) is 6.07 Å². The van der Waals surface area contributed by atoms with Crippen LogP contribution < -0.4 is 0 Å². The number of hydrogen-bond donors (Lipinski definition) is 0. The molecule has 0 spiro atoms. The molecule has 0 bridgehead atoms. The number of rotatable bonds is 3. The Labute approximate surface area is 166 Å². The smallest absolute Gasteiger partial charge is 0.254 e. The van der Waals surface area contributed by atoms with Gasteiger partial charge in [0.25, 0.3) is 5.91 Å². The number of hydrogen-bond acceptors (Lipinski definition) is 2. The summed E-state index contributed by atoms with van der Waals surface area (Å²) >= 11 is 6.23. The summed E-state index contributed by atoms with van der Waals surface area (Å²) in [5.74, 6) is -2.20. The largest absolute Gasteiger partial charge is 0.339 e. The molecule has 2 aromatic rings. The van der Waals surface area contributed by atoms with Gasteiger partial charge >= 0.3 is 0 Å². The van der Waals surface area contributed by atoms with Crippen LogP contribution in [0.5, 0.6) is 0 Å². The van der Waals surface area contributed by atoms with Gasteiger partial charge in [-0.05, 0) is 42.2 Å². The van der Waals surface area contributed by atoms with Gasteiger partial charge in [-0.1, -0.05) is 29.8 Å². The summed E-state index contributed by atoms with van der Waals surface area (Å²) in [6.07, 6.45) is 0.788. The zero-order chi connectivity index (χ0) is 19.8. The molecule has 1 heterocycles. The summed E-state index contributed by atoms with van der Waals surface area (Å²) in [7, 11) is 0. The van der Waals surface area contributed by atoms with E-state index in [-0.39, 0.29) is 29.2 Å². The molecule has 2 fully saturated rings. The second-order valence-electron chi connectivity index (χ2n) is 7.22. The summed E-state index contributed by atoms with van der Waals surface area (Å²) in [4.78, 5) is 28.6. The van der Waals surface area contributed by atoms with Crippen LogP contribution in [-0.4, -0.2) is 47.8 Å². The Morgan fingerprint density at radius 2 is 1.61 bits per heavy atom. The Bertz CT molecular complexity index is 928. The van der Waals surface area contributed by atoms with E-state index in [2.05, 4.69) is 0 Å². The fraction of sp³-hybridized carbons (Fsp3) is 0.333. The van der Waals surface area contributed by atoms with Gasteiger partial charge in [-0.25, -0.2) is 8.78 Å². The maximum Gasteiger partial charge on any atom is 0.254 e. The molecule has 2 amide bonds. The molecule has 4 rings (SSSR count). The van der Waals surface area contributed by atoms with Crippen LogP contribution in [0.3, 0.4) is 0 Å². The van der Waals surface area contributed by atoms with Crippen molar-refractivity contribution in [2.45, 2.75) is 12.3 Å². The molecule has 1 saturated heterocycles. The molecule has 1 saturated carbocycles. The normalized spacial score (nSPS) is 21.5. The van der Waals surface area contributed by atoms with Crippen LogP contribution in [0.25, 0.3) is 0 Å². The van der Waals surface area contributed by atoms with E-state index in [9.17, 15) is 18.4 Å². The zero-order valence-electron chi connectivity index (χ0n) is 15.1. The summed E-state index contributed by atoms with van der Waals surface area (Å²) in [6, 6.07) is 10.7. The Balaban J connectivity index is 1.34. The Kier molecular flexibility index (Phi) is 5.06. The molecular formula is C21H19ClF2N2O2. The molecule has 1 aliphatic heterocycles. The average Bonchev–Trinajstić information content (AvgIpc) is 3.50. The van der Waals surface area contributed by atoms with Crippen LogP contribution in [0, 0.1) is 17.6 Å². The molecule has 2 aromatic carbocycles. The Morgan fingerprint density at radius 3 is 2.29 bits per heavy atom. The first-order chi connectivity index (χ1) is 13.5. The third-order valence-corrected chi connectivity index (χ3v) is 5.80. The topological polar surface area (TPSA) is 40.6 Å². The van der Waals surface area contributed by atoms with Crippen LogP contribution >= 0.6 is 11.6 Å². The molecule has 0 unspecified atom stereocenters. The molecule has 2 aliphatic rings. The summed E-state index contributed by atoms with van der Waals surface area (Å²) in [5, 5.41) is 0.685. The first-order valence-electron chi connectivity index (χ1n) is 9.23. The number of carbonyl (C=O) groups is 2. The highest BCUT2D eigenvalue weighted by Gasteiger charge is 2.46. The van der Waals surface area contributed by atoms with Crippen molar-refractivity contribution in [3.63, 3.8) is 0 Å². The van der Waals surface area contributed by atoms with Gasteiger partial charge in [0.15, 0.2) is 11.6 Å². The third-order valence-electron chi connectivity index (χ3n) is 5.46. The Morgan fingerprint density at radius 1 is 0.929 bits per heavy atom. The predicted octanol–water partition coefficient (Wildman–Crippen LogP) is 3.71. The lowest BCUT2D eigenvalue weighted by Gasteiger charge is -2.35. The quantitative estimate of drug-likeness (QED) is 0.782. The highest BCUT2D eigenvalue weighted by molar-refractivity contribution is 6.31. The van der Waals surface area contributed by atoms with Crippen LogP contribution in [0.2, 0.25) is 5.02 Å². The molecule has 4 nitrogen and oxygen atoms in total. The maximum atomic E-state index is 13.4. The molecule has 28 heavy (non-hydrogen) atoms. The van der Waals surface area contributed by atoms with Crippen molar-refractivity contribution in [3.8, 4) is 0 Å². The van der Waals surface area contributed by atoms with Gasteiger partial charge in [0, 0.05) is 42.7 Å². The molecule has 0 N–H and O–H groups in total. The monoisotopic (exact) mass is 404 g/mol. The minimum absolute atomic E-state index is 0.0617. The molecule has 1 aliphatic carbocycles. The molecule has 7 heteroatoms. The van der Waals surface area contributed by atoms with E-state index in [1.54, 1.807) is 9.80 Å². The van der Waals surface area contributed by atoms with E-state index < -0.39 is 11.6 Å². The highest BCUT2D eigenvalue weighted by Crippen LogP contribution is 2.50. The summed E-state index contributed by atoms with van der Waals surface area (Å²) in [5.41, 5.74) is 1.12. The van der Waals surface area contributed by atoms with Crippen molar-refractivity contribution in [1.29, 1.82) is 0 Å². The molecule has 0 radical (unpaired) electrons. The van der Waals surface area contributed by atoms with Crippen LogP contribution in [0.15, 0.2) is 42.5 Å². The van der Waals surface area contributed by atoms with Crippen molar-refractivity contribution in [1.82, 2.24) is 9.80 Å². The van der Waals surface area contributed by atoms with E-state index in [0.29, 0.717) is 31.2 Å². The van der Waals surface area contributed by atoms with Crippen LogP contribution in [-0.2, 0) is 4.79 Å². The fourth-order valence-electron chi connectivity index (χ4n) is 3.76. The lowest BCUT2D eigenvalue weighted by molar-refractivity contribution is -0.134. The van der Waals surface area contributed by atoms with Gasteiger partial charge in [-0.3, -0.25) is 9.59 Å². The van der Waals surface area contributed by atoms with Gasteiger partial charge < -0.3 is 9.80 Å². The number of carbonyl (C=O) groups excluding carboxylic acids is 2. The minimum Gasteiger partial charge on any atom is -0.339 e. The van der Waals surface area contributed by atoms with E-state index in [4.69, 9.17) is 11.6 Å². The molecule has 146 valence electrons. The standard InChI is InChI=1S/C21H19ClF2N2O2/c22-17-4-2-1-3-14(17)15-12-16(15)21(28)26-9-7-25(8-10-26)20(27)13-5-6-18(23)19(24)11-13/h1-6,11,15-16H,7-10,12H2/t15-,16-/m1/s1. The van der Waals surface area contributed by atoms with Crippen molar-refractivity contribution in [3.05, 3.63) is 70.2 Å². The van der Waals surface area contributed by atoms with Gasteiger partial charge in [-0.15, -0.1) is 0 Å². The van der Waals surface area contributed by atoms with E-state index in [0.717, 1.165) is 24.1 Å². The maximum absolute atomic E-state index is 13.4. The van der Waals surface area contributed by atoms with Crippen LogP contribution in [0.4, 0.5) is 8.78 Å². The first kappa shape index (κ1) is 18.9. The minimum atomic E-state index is -1.04. The van der Waals surface area contributed by atoms with Crippen molar-refractivity contribution in [2.24, 2.45) is 5.92 Å². The average molecular weight is 405 g/mol. The second-order valence-corrected chi connectivity index (χ2v) is 7.62. The first-order valence-corrected chi connectivity index (χ1v) is 9.61. The zero-order valence-corrected chi connectivity index (χ0v) is 15.8. The highest BCUT2D eigenvalue weighted by atomic mass is 35.5. The number of nitrogens with zero attached hydrogens (tertiary/aromatic N) is 2. The summed E-state index contributed by atoms with van der Waals surface area (Å²) in [6.45, 7) is 1.60. The predicted molar refractivity (Wildman–Crippen MR) is 101 cm³/mol. The van der Waals surface area contributed by atoms with E-state index in [1.807, 2.05) is 24.3 Å². The number of halogens is 3. The molecule has 0 aromatic heterocycles. The fourth-order valence-corrected chi connectivity index (χ4v) is 4.04. The van der Waals surface area contributed by atoms with Crippen molar-refractivity contribution < 1.29 is 18.4 Å². The number of amides is 2. The molecular weight excluding hydrogens is 386 g/mol. The lowest BCUT2D eigenvalue weighted by atomic mass is 10.1. The number of benzene rings is 2. The molecule has 2 atom stereocenters. The van der Waals surface area contributed by atoms with Gasteiger partial charge in [0.05, 0.1) is 0 Å².